The van der Waals surface area contributed by atoms with Crippen LogP contribution >= 0.6 is 0 Å². The van der Waals surface area contributed by atoms with E-state index in [1.807, 2.05) is 18.2 Å². The fourth-order valence-corrected chi connectivity index (χ4v) is 2.89. The summed E-state index contributed by atoms with van der Waals surface area (Å²) >= 11 is 0. The first-order valence-corrected chi connectivity index (χ1v) is 9.09. The second-order valence-electron chi connectivity index (χ2n) is 6.42. The van der Waals surface area contributed by atoms with Gasteiger partial charge in [0.15, 0.2) is 11.5 Å². The fourth-order valence-electron chi connectivity index (χ4n) is 2.89. The van der Waals surface area contributed by atoms with Crippen LogP contribution < -0.4 is 4.74 Å². The van der Waals surface area contributed by atoms with Gasteiger partial charge in [-0.3, -0.25) is 10.1 Å². The van der Waals surface area contributed by atoms with Crippen molar-refractivity contribution in [1.82, 2.24) is 20.2 Å². The molecule has 10 heteroatoms. The van der Waals surface area contributed by atoms with Crippen molar-refractivity contribution in [3.8, 4) is 17.1 Å². The smallest absolute Gasteiger partial charge is 0.362 e. The molecule has 0 fully saturated rings. The largest absolute Gasteiger partial charge is 0.465 e. The van der Waals surface area contributed by atoms with Crippen molar-refractivity contribution in [1.29, 1.82) is 0 Å². The molecule has 0 N–H and O–H groups in total. The van der Waals surface area contributed by atoms with Gasteiger partial charge in [0.05, 0.1) is 11.2 Å². The number of furan rings is 1. The molecule has 10 nitrogen and oxygen atoms in total. The molecule has 4 rings (SSSR count). The minimum absolute atomic E-state index is 0.00481. The number of carbonyl (C=O) groups is 1. The van der Waals surface area contributed by atoms with Crippen molar-refractivity contribution in [3.63, 3.8) is 0 Å². The Morgan fingerprint density at radius 3 is 2.65 bits per heavy atom. The van der Waals surface area contributed by atoms with E-state index in [4.69, 9.17) is 9.15 Å². The molecule has 2 heterocycles. The van der Waals surface area contributed by atoms with Crippen LogP contribution in [0.2, 0.25) is 0 Å². The normalized spacial score (nSPS) is 11.3. The van der Waals surface area contributed by atoms with Gasteiger partial charge in [-0.15, -0.1) is 5.10 Å². The van der Waals surface area contributed by atoms with Gasteiger partial charge in [0.2, 0.25) is 0 Å². The summed E-state index contributed by atoms with van der Waals surface area (Å²) in [5, 5.41) is 22.7. The number of nitrogens with zero attached hydrogens (tertiary/aromatic N) is 5. The zero-order valence-corrected chi connectivity index (χ0v) is 16.2. The number of benzene rings is 2. The number of esters is 1. The molecule has 0 spiro atoms. The molecule has 0 aliphatic rings. The van der Waals surface area contributed by atoms with Crippen LogP contribution in [0.1, 0.15) is 11.3 Å². The molecule has 0 radical (unpaired) electrons. The van der Waals surface area contributed by atoms with Crippen molar-refractivity contribution >= 4 is 23.4 Å². The Morgan fingerprint density at radius 1 is 1.16 bits per heavy atom. The van der Waals surface area contributed by atoms with Gasteiger partial charge in [0, 0.05) is 23.3 Å². The SMILES string of the molecule is Cc1cc(OC(=O)C(=Cc2ccco2)n2nnnc2-c2ccccc2)ccc1[N+](=O)[O-]. The van der Waals surface area contributed by atoms with E-state index in [1.54, 1.807) is 31.2 Å². The van der Waals surface area contributed by atoms with E-state index in [9.17, 15) is 14.9 Å². The maximum absolute atomic E-state index is 13.1. The van der Waals surface area contributed by atoms with Crippen LogP contribution in [0.25, 0.3) is 23.2 Å². The van der Waals surface area contributed by atoms with Gasteiger partial charge >= 0.3 is 5.97 Å². The van der Waals surface area contributed by atoms with E-state index in [2.05, 4.69) is 15.5 Å². The Kier molecular flexibility index (Phi) is 5.35. The number of carbonyl (C=O) groups excluding carboxylic acids is 1. The van der Waals surface area contributed by atoms with E-state index in [1.165, 1.54) is 35.2 Å². The molecular formula is C21H15N5O5. The van der Waals surface area contributed by atoms with Gasteiger partial charge in [-0.2, -0.15) is 4.68 Å². The molecule has 0 bridgehead atoms. The highest BCUT2D eigenvalue weighted by atomic mass is 16.6. The van der Waals surface area contributed by atoms with E-state index in [-0.39, 0.29) is 17.1 Å². The van der Waals surface area contributed by atoms with Gasteiger partial charge in [-0.05, 0) is 41.6 Å². The zero-order valence-electron chi connectivity index (χ0n) is 16.2. The van der Waals surface area contributed by atoms with Crippen LogP contribution in [0.15, 0.2) is 71.3 Å². The van der Waals surface area contributed by atoms with E-state index >= 15 is 0 Å². The Bertz CT molecular complexity index is 1260. The van der Waals surface area contributed by atoms with Crippen LogP contribution in [0.3, 0.4) is 0 Å². The molecule has 0 saturated heterocycles. The van der Waals surface area contributed by atoms with Crippen molar-refractivity contribution in [2.75, 3.05) is 0 Å². The Morgan fingerprint density at radius 2 is 1.97 bits per heavy atom. The number of aryl methyl sites for hydroxylation is 1. The van der Waals surface area contributed by atoms with Crippen molar-refractivity contribution in [2.45, 2.75) is 6.92 Å². The lowest BCUT2D eigenvalue weighted by molar-refractivity contribution is -0.385. The standard InChI is InChI=1S/C21H15N5O5/c1-14-12-17(9-10-18(14)26(28)29)31-21(27)19(13-16-8-5-11-30-16)25-20(22-23-24-25)15-6-3-2-4-7-15/h2-13H,1H3. The van der Waals surface area contributed by atoms with Crippen LogP contribution in [-0.2, 0) is 4.79 Å². The number of hydrogen-bond acceptors (Lipinski definition) is 8. The Hall–Kier alpha value is -4.60. The van der Waals surface area contributed by atoms with Crippen LogP contribution in [0, 0.1) is 17.0 Å². The minimum Gasteiger partial charge on any atom is -0.465 e. The number of hydrogen-bond donors (Lipinski definition) is 0. The second kappa shape index (κ2) is 8.41. The van der Waals surface area contributed by atoms with E-state index in [0.29, 0.717) is 22.7 Å². The van der Waals surface area contributed by atoms with Gasteiger partial charge < -0.3 is 9.15 Å². The lowest BCUT2D eigenvalue weighted by Crippen LogP contribution is -2.17. The number of aromatic nitrogens is 4. The first-order chi connectivity index (χ1) is 15.0. The predicted octanol–water partition coefficient (Wildman–Crippen LogP) is 3.75. The van der Waals surface area contributed by atoms with E-state index in [0.717, 1.165) is 0 Å². The van der Waals surface area contributed by atoms with Gasteiger partial charge in [-0.25, -0.2) is 4.79 Å². The quantitative estimate of drug-likeness (QED) is 0.153. The number of rotatable bonds is 6. The highest BCUT2D eigenvalue weighted by Gasteiger charge is 2.22. The summed E-state index contributed by atoms with van der Waals surface area (Å²) in [5.41, 5.74) is 0.976. The van der Waals surface area contributed by atoms with Crippen LogP contribution in [0.5, 0.6) is 5.75 Å². The highest BCUT2D eigenvalue weighted by molar-refractivity contribution is 6.16. The van der Waals surface area contributed by atoms with Crippen molar-refractivity contribution in [3.05, 3.63) is 88.4 Å². The molecule has 2 aromatic carbocycles. The molecule has 154 valence electrons. The van der Waals surface area contributed by atoms with Crippen LogP contribution in [0.4, 0.5) is 5.69 Å². The van der Waals surface area contributed by atoms with Crippen molar-refractivity contribution in [2.24, 2.45) is 0 Å². The number of tetrazole rings is 1. The van der Waals surface area contributed by atoms with Gasteiger partial charge in [0.1, 0.15) is 11.5 Å². The summed E-state index contributed by atoms with van der Waals surface area (Å²) in [5.74, 6) is 0.0958. The third-order valence-electron chi connectivity index (χ3n) is 4.34. The predicted molar refractivity (Wildman–Crippen MR) is 110 cm³/mol. The molecular weight excluding hydrogens is 402 g/mol. The highest BCUT2D eigenvalue weighted by Crippen LogP contribution is 2.26. The molecule has 0 amide bonds. The summed E-state index contributed by atoms with van der Waals surface area (Å²) in [6, 6.07) is 16.5. The number of ether oxygens (including phenoxy) is 1. The topological polar surface area (TPSA) is 126 Å². The molecule has 2 aromatic heterocycles. The van der Waals surface area contributed by atoms with Gasteiger partial charge in [0.25, 0.3) is 5.69 Å². The second-order valence-corrected chi connectivity index (χ2v) is 6.42. The molecule has 0 saturated carbocycles. The summed E-state index contributed by atoms with van der Waals surface area (Å²) < 4.78 is 12.0. The molecule has 0 aliphatic heterocycles. The van der Waals surface area contributed by atoms with Gasteiger partial charge in [-0.1, -0.05) is 30.3 Å². The molecule has 0 aliphatic carbocycles. The maximum atomic E-state index is 13.1. The monoisotopic (exact) mass is 417 g/mol. The van der Waals surface area contributed by atoms with Crippen LogP contribution in [-0.4, -0.2) is 31.1 Å². The maximum Gasteiger partial charge on any atom is 0.362 e. The average molecular weight is 417 g/mol. The average Bonchev–Trinajstić information content (AvgIpc) is 3.44. The lowest BCUT2D eigenvalue weighted by atomic mass is 10.2. The lowest BCUT2D eigenvalue weighted by Gasteiger charge is -2.10. The summed E-state index contributed by atoms with van der Waals surface area (Å²) in [7, 11) is 0. The Balaban J connectivity index is 1.72. The summed E-state index contributed by atoms with van der Waals surface area (Å²) in [6.45, 7) is 1.56. The summed E-state index contributed by atoms with van der Waals surface area (Å²) in [6.07, 6.45) is 2.91. The third kappa shape index (κ3) is 4.22. The first kappa shape index (κ1) is 19.7. The molecule has 0 atom stereocenters. The first-order valence-electron chi connectivity index (χ1n) is 9.09. The third-order valence-corrected chi connectivity index (χ3v) is 4.34. The molecule has 0 unspecified atom stereocenters. The number of nitro benzene ring substituents is 1. The van der Waals surface area contributed by atoms with Crippen molar-refractivity contribution < 1.29 is 18.9 Å². The molecule has 31 heavy (non-hydrogen) atoms. The fraction of sp³-hybridized carbons (Fsp3) is 0.0476. The summed E-state index contributed by atoms with van der Waals surface area (Å²) in [4.78, 5) is 23.6. The molecule has 4 aromatic rings. The zero-order chi connectivity index (χ0) is 21.8. The van der Waals surface area contributed by atoms with E-state index < -0.39 is 10.9 Å². The minimum atomic E-state index is -0.769. The Labute approximate surface area is 175 Å². The number of nitro groups is 1.